The Kier molecular flexibility index (Phi) is 3.00. The molecule has 3 amide bonds. The molecule has 114 valence electrons. The van der Waals surface area contributed by atoms with Gasteiger partial charge in [0.25, 0.3) is 15.9 Å². The van der Waals surface area contributed by atoms with Crippen LogP contribution in [0.3, 0.4) is 0 Å². The minimum absolute atomic E-state index is 0.0631. The van der Waals surface area contributed by atoms with Gasteiger partial charge in [0.15, 0.2) is 0 Å². The summed E-state index contributed by atoms with van der Waals surface area (Å²) in [6, 6.07) is 10.7. The molecule has 0 saturated carbocycles. The molecule has 3 rings (SSSR count). The van der Waals surface area contributed by atoms with Crippen molar-refractivity contribution < 1.29 is 18.0 Å². The van der Waals surface area contributed by atoms with Crippen LogP contribution < -0.4 is 5.32 Å². The van der Waals surface area contributed by atoms with Crippen LogP contribution in [0.4, 0.5) is 4.79 Å². The standard InChI is InChI=1S/C15H14N2O4S/c1-15(2)13(18)17(14(19)16-15)22(20,21)12-9-5-7-10-6-3-4-8-11(10)12/h3-9H,1-2H3,(H,16,19). The van der Waals surface area contributed by atoms with E-state index in [2.05, 4.69) is 5.32 Å². The van der Waals surface area contributed by atoms with Gasteiger partial charge < -0.3 is 5.32 Å². The van der Waals surface area contributed by atoms with Crippen molar-refractivity contribution in [3.63, 3.8) is 0 Å². The molecule has 2 aromatic carbocycles. The van der Waals surface area contributed by atoms with Crippen molar-refractivity contribution in [3.8, 4) is 0 Å². The highest BCUT2D eigenvalue weighted by Crippen LogP contribution is 2.29. The SMILES string of the molecule is CC1(C)NC(=O)N(S(=O)(=O)c2cccc3ccccc23)C1=O. The molecule has 1 N–H and O–H groups in total. The first-order chi connectivity index (χ1) is 10.2. The van der Waals surface area contributed by atoms with Crippen molar-refractivity contribution in [2.75, 3.05) is 0 Å². The monoisotopic (exact) mass is 318 g/mol. The molecule has 1 aliphatic heterocycles. The number of imide groups is 1. The van der Waals surface area contributed by atoms with E-state index in [9.17, 15) is 18.0 Å². The van der Waals surface area contributed by atoms with Gasteiger partial charge in [-0.1, -0.05) is 36.4 Å². The Balaban J connectivity index is 2.22. The third-order valence-corrected chi connectivity index (χ3v) is 5.32. The number of hydrogen-bond donors (Lipinski definition) is 1. The lowest BCUT2D eigenvalue weighted by molar-refractivity contribution is -0.126. The molecule has 6 nitrogen and oxygen atoms in total. The average Bonchev–Trinajstić information content (AvgIpc) is 2.66. The molecule has 0 atom stereocenters. The Morgan fingerprint density at radius 3 is 2.27 bits per heavy atom. The second kappa shape index (κ2) is 4.54. The van der Waals surface area contributed by atoms with E-state index in [1.165, 1.54) is 19.9 Å². The highest BCUT2D eigenvalue weighted by atomic mass is 32.2. The van der Waals surface area contributed by atoms with Crippen LogP contribution in [0.15, 0.2) is 47.4 Å². The predicted molar refractivity (Wildman–Crippen MR) is 80.6 cm³/mol. The second-order valence-corrected chi connectivity index (χ2v) is 7.36. The van der Waals surface area contributed by atoms with Gasteiger partial charge in [0.05, 0.1) is 4.90 Å². The number of fused-ring (bicyclic) bond motifs is 1. The Morgan fingerprint density at radius 1 is 1.00 bits per heavy atom. The number of benzene rings is 2. The molecule has 0 radical (unpaired) electrons. The van der Waals surface area contributed by atoms with Crippen molar-refractivity contribution in [2.24, 2.45) is 0 Å². The topological polar surface area (TPSA) is 83.6 Å². The summed E-state index contributed by atoms with van der Waals surface area (Å²) in [6.07, 6.45) is 0. The van der Waals surface area contributed by atoms with Crippen LogP contribution in [0.2, 0.25) is 0 Å². The van der Waals surface area contributed by atoms with Crippen molar-refractivity contribution in [2.45, 2.75) is 24.3 Å². The lowest BCUT2D eigenvalue weighted by atomic mass is 10.1. The molecule has 2 aromatic rings. The van der Waals surface area contributed by atoms with Gasteiger partial charge >= 0.3 is 6.03 Å². The van der Waals surface area contributed by atoms with Crippen molar-refractivity contribution in [1.29, 1.82) is 0 Å². The van der Waals surface area contributed by atoms with E-state index in [1.807, 2.05) is 0 Å². The van der Waals surface area contributed by atoms with Crippen LogP contribution in [0.5, 0.6) is 0 Å². The number of carbonyl (C=O) groups excluding carboxylic acids is 2. The van der Waals surface area contributed by atoms with Crippen LogP contribution in [-0.2, 0) is 14.8 Å². The van der Waals surface area contributed by atoms with Gasteiger partial charge in [-0.15, -0.1) is 4.31 Å². The number of urea groups is 1. The van der Waals surface area contributed by atoms with Gasteiger partial charge in [0.2, 0.25) is 0 Å². The molecular formula is C15H14N2O4S. The summed E-state index contributed by atoms with van der Waals surface area (Å²) in [7, 11) is -4.26. The predicted octanol–water partition coefficient (Wildman–Crippen LogP) is 1.86. The van der Waals surface area contributed by atoms with Crippen LogP contribution in [0.25, 0.3) is 10.8 Å². The van der Waals surface area contributed by atoms with E-state index < -0.39 is 27.5 Å². The normalized spacial score (nSPS) is 17.8. The Morgan fingerprint density at radius 2 is 1.64 bits per heavy atom. The van der Waals surface area contributed by atoms with Gasteiger partial charge in [-0.05, 0) is 25.3 Å². The molecule has 0 spiro atoms. The molecular weight excluding hydrogens is 304 g/mol. The maximum absolute atomic E-state index is 12.8. The van der Waals surface area contributed by atoms with E-state index in [4.69, 9.17) is 0 Å². The number of amides is 3. The van der Waals surface area contributed by atoms with Gasteiger partial charge in [0, 0.05) is 5.39 Å². The quantitative estimate of drug-likeness (QED) is 0.857. The number of carbonyl (C=O) groups is 2. The van der Waals surface area contributed by atoms with Gasteiger partial charge in [0.1, 0.15) is 5.54 Å². The number of nitrogens with one attached hydrogen (secondary N) is 1. The first-order valence-corrected chi connectivity index (χ1v) is 8.09. The van der Waals surface area contributed by atoms with Crippen molar-refractivity contribution in [3.05, 3.63) is 42.5 Å². The third-order valence-electron chi connectivity index (χ3n) is 3.59. The maximum atomic E-state index is 12.8. The smallest absolute Gasteiger partial charge is 0.323 e. The maximum Gasteiger partial charge on any atom is 0.339 e. The minimum atomic E-state index is -4.26. The lowest BCUT2D eigenvalue weighted by Gasteiger charge is -2.17. The summed E-state index contributed by atoms with van der Waals surface area (Å²) in [5, 5.41) is 3.56. The van der Waals surface area contributed by atoms with Crippen LogP contribution in [-0.4, -0.2) is 30.2 Å². The van der Waals surface area contributed by atoms with Gasteiger partial charge in [-0.25, -0.2) is 13.2 Å². The molecule has 0 unspecified atom stereocenters. The average molecular weight is 318 g/mol. The van der Waals surface area contributed by atoms with Crippen LogP contribution in [0.1, 0.15) is 13.8 Å². The molecule has 1 heterocycles. The molecule has 0 aliphatic carbocycles. The summed E-state index contributed by atoms with van der Waals surface area (Å²) >= 11 is 0. The molecule has 1 saturated heterocycles. The lowest BCUT2D eigenvalue weighted by Crippen LogP contribution is -2.41. The molecule has 0 bridgehead atoms. The highest BCUT2D eigenvalue weighted by molar-refractivity contribution is 7.90. The number of sulfonamides is 1. The summed E-state index contributed by atoms with van der Waals surface area (Å²) in [4.78, 5) is 24.2. The Labute approximate surface area is 127 Å². The molecule has 7 heteroatoms. The fourth-order valence-corrected chi connectivity index (χ4v) is 4.08. The third kappa shape index (κ3) is 1.97. The molecule has 1 fully saturated rings. The summed E-state index contributed by atoms with van der Waals surface area (Å²) in [5.74, 6) is -0.787. The molecule has 0 aromatic heterocycles. The molecule has 1 aliphatic rings. The van der Waals surface area contributed by atoms with Crippen LogP contribution >= 0.6 is 0 Å². The highest BCUT2D eigenvalue weighted by Gasteiger charge is 2.50. The number of nitrogens with zero attached hydrogens (tertiary/aromatic N) is 1. The van der Waals surface area contributed by atoms with E-state index in [-0.39, 0.29) is 4.90 Å². The molecule has 22 heavy (non-hydrogen) atoms. The number of rotatable bonds is 2. The van der Waals surface area contributed by atoms with Gasteiger partial charge in [-0.3, -0.25) is 4.79 Å². The van der Waals surface area contributed by atoms with E-state index in [0.717, 1.165) is 5.39 Å². The summed E-state index contributed by atoms with van der Waals surface area (Å²) in [5.41, 5.74) is -1.24. The Hall–Kier alpha value is -2.41. The minimum Gasteiger partial charge on any atom is -0.323 e. The Bertz CT molecular complexity index is 897. The summed E-state index contributed by atoms with van der Waals surface area (Å²) in [6.45, 7) is 2.93. The van der Waals surface area contributed by atoms with Crippen molar-refractivity contribution >= 4 is 32.7 Å². The van der Waals surface area contributed by atoms with E-state index >= 15 is 0 Å². The van der Waals surface area contributed by atoms with Crippen molar-refractivity contribution in [1.82, 2.24) is 9.62 Å². The zero-order valence-electron chi connectivity index (χ0n) is 12.0. The second-order valence-electron chi connectivity index (χ2n) is 5.61. The fourth-order valence-electron chi connectivity index (χ4n) is 2.45. The zero-order valence-corrected chi connectivity index (χ0v) is 12.8. The van der Waals surface area contributed by atoms with Gasteiger partial charge in [-0.2, -0.15) is 0 Å². The zero-order chi connectivity index (χ0) is 16.1. The van der Waals surface area contributed by atoms with Crippen LogP contribution in [0, 0.1) is 0 Å². The first-order valence-electron chi connectivity index (χ1n) is 6.65. The first kappa shape index (κ1) is 14.5. The number of hydrogen-bond acceptors (Lipinski definition) is 4. The summed E-state index contributed by atoms with van der Waals surface area (Å²) < 4.78 is 25.9. The fraction of sp³-hybridized carbons (Fsp3) is 0.200. The van der Waals surface area contributed by atoms with E-state index in [1.54, 1.807) is 36.4 Å². The van der Waals surface area contributed by atoms with E-state index in [0.29, 0.717) is 9.69 Å². The largest absolute Gasteiger partial charge is 0.339 e.